The first-order valence-corrected chi connectivity index (χ1v) is 11.9. The summed E-state index contributed by atoms with van der Waals surface area (Å²) in [7, 11) is 0. The Labute approximate surface area is 207 Å². The number of nitro groups is 1. The summed E-state index contributed by atoms with van der Waals surface area (Å²) in [4.78, 5) is 41.7. The van der Waals surface area contributed by atoms with Crippen molar-refractivity contribution in [2.45, 2.75) is 31.5 Å². The van der Waals surface area contributed by atoms with E-state index in [2.05, 4.69) is 10.3 Å². The van der Waals surface area contributed by atoms with E-state index in [0.29, 0.717) is 23.4 Å². The molecule has 188 valence electrons. The maximum atomic E-state index is 13.3. The molecule has 2 amide bonds. The Morgan fingerprint density at radius 1 is 1.11 bits per heavy atom. The number of hydrogen-bond donors (Lipinski definition) is 1. The van der Waals surface area contributed by atoms with Crippen molar-refractivity contribution in [3.8, 4) is 0 Å². The summed E-state index contributed by atoms with van der Waals surface area (Å²) in [5, 5.41) is 16.1. The highest BCUT2D eigenvalue weighted by Crippen LogP contribution is 2.34. The van der Waals surface area contributed by atoms with Gasteiger partial charge in [0.25, 0.3) is 17.5 Å². The third-order valence-corrected chi connectivity index (χ3v) is 6.98. The Kier molecular flexibility index (Phi) is 7.34. The summed E-state index contributed by atoms with van der Waals surface area (Å²) in [6.45, 7) is 0.520. The molecule has 1 saturated heterocycles. The van der Waals surface area contributed by atoms with Crippen molar-refractivity contribution < 1.29 is 27.7 Å². The number of halogens is 3. The maximum Gasteiger partial charge on any atom is 0.417 e. The molecule has 0 saturated carbocycles. The molecular weight excluding hydrogens is 497 g/mol. The van der Waals surface area contributed by atoms with E-state index < -0.39 is 28.5 Å². The Bertz CT molecular complexity index is 1290. The van der Waals surface area contributed by atoms with Crippen LogP contribution in [0.25, 0.3) is 0 Å². The fraction of sp³-hybridized carbons (Fsp3) is 0.292. The Balaban J connectivity index is 1.35. The number of piperidine rings is 1. The van der Waals surface area contributed by atoms with Crippen molar-refractivity contribution in [1.29, 1.82) is 0 Å². The number of amides is 2. The molecular formula is C24H21F3N4O4S. The van der Waals surface area contributed by atoms with Crippen LogP contribution in [0.4, 0.5) is 18.9 Å². The largest absolute Gasteiger partial charge is 0.417 e. The molecule has 0 atom stereocenters. The molecule has 1 N–H and O–H groups in total. The predicted molar refractivity (Wildman–Crippen MR) is 126 cm³/mol. The van der Waals surface area contributed by atoms with Gasteiger partial charge in [0.15, 0.2) is 0 Å². The van der Waals surface area contributed by atoms with Crippen molar-refractivity contribution in [3.63, 3.8) is 0 Å². The van der Waals surface area contributed by atoms with Crippen LogP contribution in [0.5, 0.6) is 0 Å². The van der Waals surface area contributed by atoms with E-state index in [1.165, 1.54) is 40.5 Å². The average Bonchev–Trinajstić information content (AvgIpc) is 3.37. The van der Waals surface area contributed by atoms with E-state index in [4.69, 9.17) is 0 Å². The van der Waals surface area contributed by atoms with Gasteiger partial charge >= 0.3 is 6.18 Å². The highest BCUT2D eigenvalue weighted by molar-refractivity contribution is 7.09. The van der Waals surface area contributed by atoms with Gasteiger partial charge in [-0.3, -0.25) is 19.7 Å². The van der Waals surface area contributed by atoms with Crippen LogP contribution in [0.1, 0.15) is 55.7 Å². The van der Waals surface area contributed by atoms with Gasteiger partial charge in [-0.1, -0.05) is 30.3 Å². The number of carbonyl (C=O) groups excluding carboxylic acids is 2. The normalized spacial score (nSPS) is 14.5. The minimum absolute atomic E-state index is 0.0251. The number of benzene rings is 2. The SMILES string of the molecule is O=C(NCc1ccccc1[N+](=O)[O-])c1csc(C2CCN(C(=O)c3ccccc3C(F)(F)F)CC2)n1. The average molecular weight is 519 g/mol. The highest BCUT2D eigenvalue weighted by atomic mass is 32.1. The first-order chi connectivity index (χ1) is 17.1. The minimum atomic E-state index is -4.62. The van der Waals surface area contributed by atoms with Crippen LogP contribution in [-0.2, 0) is 12.7 Å². The van der Waals surface area contributed by atoms with E-state index in [9.17, 15) is 32.9 Å². The summed E-state index contributed by atoms with van der Waals surface area (Å²) < 4.78 is 39.9. The predicted octanol–water partition coefficient (Wildman–Crippen LogP) is 5.02. The molecule has 1 aliphatic heterocycles. The van der Waals surface area contributed by atoms with Gasteiger partial charge < -0.3 is 10.2 Å². The lowest BCUT2D eigenvalue weighted by atomic mass is 9.96. The number of nitrogens with zero attached hydrogens (tertiary/aromatic N) is 3. The standard InChI is InChI=1S/C24H21F3N4O4S/c25-24(26,27)18-7-3-2-6-17(18)23(33)30-11-9-15(10-12-30)22-29-19(14-36-22)21(32)28-13-16-5-1-4-8-20(16)31(34)35/h1-8,14-15H,9-13H2,(H,28,32). The first kappa shape index (κ1) is 25.3. The molecule has 2 aromatic carbocycles. The maximum absolute atomic E-state index is 13.3. The summed E-state index contributed by atoms with van der Waals surface area (Å²) >= 11 is 1.29. The van der Waals surface area contributed by atoms with E-state index in [1.54, 1.807) is 23.6 Å². The zero-order valence-electron chi connectivity index (χ0n) is 18.8. The van der Waals surface area contributed by atoms with Crippen LogP contribution >= 0.6 is 11.3 Å². The monoisotopic (exact) mass is 518 g/mol. The van der Waals surface area contributed by atoms with Crippen molar-refractivity contribution in [2.75, 3.05) is 13.1 Å². The van der Waals surface area contributed by atoms with Gasteiger partial charge in [-0.2, -0.15) is 13.2 Å². The van der Waals surface area contributed by atoms with E-state index in [-0.39, 0.29) is 42.5 Å². The van der Waals surface area contributed by atoms with Crippen LogP contribution in [-0.4, -0.2) is 39.7 Å². The number of para-hydroxylation sites is 1. The van der Waals surface area contributed by atoms with Crippen LogP contribution in [0.3, 0.4) is 0 Å². The molecule has 36 heavy (non-hydrogen) atoms. The van der Waals surface area contributed by atoms with Crippen LogP contribution in [0, 0.1) is 10.1 Å². The van der Waals surface area contributed by atoms with Gasteiger partial charge in [0, 0.05) is 42.6 Å². The van der Waals surface area contributed by atoms with Gasteiger partial charge in [-0.25, -0.2) is 4.98 Å². The first-order valence-electron chi connectivity index (χ1n) is 11.1. The molecule has 12 heteroatoms. The van der Waals surface area contributed by atoms with E-state index >= 15 is 0 Å². The summed E-state index contributed by atoms with van der Waals surface area (Å²) in [5.41, 5.74) is -0.846. The van der Waals surface area contributed by atoms with Gasteiger partial charge in [0.05, 0.1) is 21.1 Å². The van der Waals surface area contributed by atoms with Crippen molar-refractivity contribution >= 4 is 28.8 Å². The van der Waals surface area contributed by atoms with E-state index in [1.807, 2.05) is 0 Å². The van der Waals surface area contributed by atoms with Crippen LogP contribution in [0.15, 0.2) is 53.9 Å². The quantitative estimate of drug-likeness (QED) is 0.364. The van der Waals surface area contributed by atoms with Crippen LogP contribution in [0.2, 0.25) is 0 Å². The zero-order chi connectivity index (χ0) is 25.9. The van der Waals surface area contributed by atoms with Gasteiger partial charge in [-0.15, -0.1) is 11.3 Å². The molecule has 0 unspecified atom stereocenters. The fourth-order valence-electron chi connectivity index (χ4n) is 4.10. The van der Waals surface area contributed by atoms with Gasteiger partial charge in [-0.05, 0) is 25.0 Å². The second kappa shape index (κ2) is 10.4. The van der Waals surface area contributed by atoms with Crippen LogP contribution < -0.4 is 5.32 Å². The lowest BCUT2D eigenvalue weighted by Crippen LogP contribution is -2.38. The number of alkyl halides is 3. The summed E-state index contributed by atoms with van der Waals surface area (Å²) in [6, 6.07) is 10.9. The number of hydrogen-bond acceptors (Lipinski definition) is 6. The fourth-order valence-corrected chi connectivity index (χ4v) is 5.07. The van der Waals surface area contributed by atoms with Crippen molar-refractivity contribution in [3.05, 3.63) is 91.4 Å². The molecule has 0 aliphatic carbocycles. The molecule has 0 bridgehead atoms. The van der Waals surface area contributed by atoms with Crippen molar-refractivity contribution in [1.82, 2.24) is 15.2 Å². The molecule has 3 aromatic rings. The second-order valence-electron chi connectivity index (χ2n) is 8.25. The topological polar surface area (TPSA) is 105 Å². The highest BCUT2D eigenvalue weighted by Gasteiger charge is 2.36. The number of nitrogens with one attached hydrogen (secondary N) is 1. The lowest BCUT2D eigenvalue weighted by Gasteiger charge is -2.31. The summed E-state index contributed by atoms with van der Waals surface area (Å²) in [5.74, 6) is -1.16. The number of aromatic nitrogens is 1. The Morgan fingerprint density at radius 2 is 1.78 bits per heavy atom. The zero-order valence-corrected chi connectivity index (χ0v) is 19.6. The van der Waals surface area contributed by atoms with Crippen molar-refractivity contribution in [2.24, 2.45) is 0 Å². The molecule has 4 rings (SSSR count). The number of carbonyl (C=O) groups is 2. The third kappa shape index (κ3) is 5.54. The molecule has 2 heterocycles. The molecule has 1 aliphatic rings. The number of nitro benzene ring substituents is 1. The number of thiazole rings is 1. The summed E-state index contributed by atoms with van der Waals surface area (Å²) in [6.07, 6.45) is -3.61. The number of rotatable bonds is 6. The number of likely N-dealkylation sites (tertiary alicyclic amines) is 1. The third-order valence-electron chi connectivity index (χ3n) is 5.98. The van der Waals surface area contributed by atoms with Gasteiger partial charge in [0.1, 0.15) is 5.69 Å². The minimum Gasteiger partial charge on any atom is -0.346 e. The Morgan fingerprint density at radius 3 is 2.47 bits per heavy atom. The van der Waals surface area contributed by atoms with E-state index in [0.717, 1.165) is 6.07 Å². The molecule has 1 aromatic heterocycles. The Hall–Kier alpha value is -3.80. The molecule has 0 radical (unpaired) electrons. The van der Waals surface area contributed by atoms with Gasteiger partial charge in [0.2, 0.25) is 0 Å². The second-order valence-corrected chi connectivity index (χ2v) is 9.14. The lowest BCUT2D eigenvalue weighted by molar-refractivity contribution is -0.385. The molecule has 8 nitrogen and oxygen atoms in total. The smallest absolute Gasteiger partial charge is 0.346 e. The molecule has 1 fully saturated rings. The molecule has 0 spiro atoms.